The van der Waals surface area contributed by atoms with Gasteiger partial charge in [0.2, 0.25) is 0 Å². The van der Waals surface area contributed by atoms with E-state index in [0.717, 1.165) is 31.6 Å². The zero-order valence-corrected chi connectivity index (χ0v) is 14.6. The number of aryl methyl sites for hydroxylation is 1. The van der Waals surface area contributed by atoms with E-state index in [1.54, 1.807) is 12.3 Å². The summed E-state index contributed by atoms with van der Waals surface area (Å²) in [4.78, 5) is 16.5. The quantitative estimate of drug-likeness (QED) is 0.688. The van der Waals surface area contributed by atoms with Crippen molar-refractivity contribution in [1.29, 1.82) is 0 Å². The van der Waals surface area contributed by atoms with Crippen molar-refractivity contribution in [2.75, 3.05) is 18.4 Å². The van der Waals surface area contributed by atoms with Crippen molar-refractivity contribution >= 4 is 11.7 Å². The second kappa shape index (κ2) is 9.71. The van der Waals surface area contributed by atoms with Crippen LogP contribution in [0.1, 0.15) is 42.6 Å². The van der Waals surface area contributed by atoms with Gasteiger partial charge in [-0.1, -0.05) is 44.2 Å². The molecule has 0 aliphatic rings. The Morgan fingerprint density at radius 3 is 2.67 bits per heavy atom. The van der Waals surface area contributed by atoms with Crippen LogP contribution in [0.2, 0.25) is 0 Å². The molecular weight excluding hydrogens is 298 g/mol. The fraction of sp³-hybridized carbons (Fsp3) is 0.400. The molecule has 4 nitrogen and oxygen atoms in total. The van der Waals surface area contributed by atoms with E-state index < -0.39 is 0 Å². The van der Waals surface area contributed by atoms with Gasteiger partial charge in [-0.25, -0.2) is 4.98 Å². The maximum Gasteiger partial charge on any atom is 0.251 e. The Labute approximate surface area is 144 Å². The molecule has 1 aromatic carbocycles. The van der Waals surface area contributed by atoms with Gasteiger partial charge < -0.3 is 10.6 Å². The van der Waals surface area contributed by atoms with Gasteiger partial charge in [-0.2, -0.15) is 0 Å². The molecule has 0 spiro atoms. The van der Waals surface area contributed by atoms with Crippen LogP contribution in [0.5, 0.6) is 0 Å². The summed E-state index contributed by atoms with van der Waals surface area (Å²) in [5.41, 5.74) is 1.95. The van der Waals surface area contributed by atoms with E-state index in [9.17, 15) is 4.79 Å². The third-order valence-corrected chi connectivity index (χ3v) is 3.82. The largest absolute Gasteiger partial charge is 0.370 e. The van der Waals surface area contributed by atoms with Crippen LogP contribution in [0.4, 0.5) is 5.82 Å². The number of nitrogens with one attached hydrogen (secondary N) is 2. The third-order valence-electron chi connectivity index (χ3n) is 3.82. The van der Waals surface area contributed by atoms with Gasteiger partial charge in [-0.15, -0.1) is 0 Å². The Bertz CT molecular complexity index is 626. The van der Waals surface area contributed by atoms with E-state index in [1.165, 1.54) is 5.56 Å². The second-order valence-electron chi connectivity index (χ2n) is 6.38. The normalized spacial score (nSPS) is 10.6. The molecule has 0 bridgehead atoms. The number of hydrogen-bond donors (Lipinski definition) is 2. The minimum absolute atomic E-state index is 0.0441. The van der Waals surface area contributed by atoms with E-state index in [2.05, 4.69) is 41.6 Å². The topological polar surface area (TPSA) is 54.0 Å². The molecule has 0 aliphatic heterocycles. The predicted molar refractivity (Wildman–Crippen MR) is 99.3 cm³/mol. The summed E-state index contributed by atoms with van der Waals surface area (Å²) in [5.74, 6) is 1.36. The summed E-state index contributed by atoms with van der Waals surface area (Å²) in [5, 5.41) is 6.25. The first-order valence-electron chi connectivity index (χ1n) is 8.67. The van der Waals surface area contributed by atoms with E-state index in [0.29, 0.717) is 18.0 Å². The Balaban J connectivity index is 1.75. The van der Waals surface area contributed by atoms with Gasteiger partial charge in [-0.3, -0.25) is 4.79 Å². The SMILES string of the molecule is CC(C)CCNc1cc(C(=O)NCCCc2ccccc2)ccn1. The van der Waals surface area contributed by atoms with Gasteiger partial charge in [-0.05, 0) is 42.9 Å². The Morgan fingerprint density at radius 1 is 1.12 bits per heavy atom. The molecule has 128 valence electrons. The van der Waals surface area contributed by atoms with Crippen molar-refractivity contribution in [1.82, 2.24) is 10.3 Å². The van der Waals surface area contributed by atoms with Crippen LogP contribution >= 0.6 is 0 Å². The first-order valence-corrected chi connectivity index (χ1v) is 8.67. The molecule has 1 amide bonds. The zero-order chi connectivity index (χ0) is 17.2. The molecule has 24 heavy (non-hydrogen) atoms. The van der Waals surface area contributed by atoms with Gasteiger partial charge in [0.05, 0.1) is 0 Å². The fourth-order valence-corrected chi connectivity index (χ4v) is 2.40. The standard InChI is InChI=1S/C20H27N3O/c1-16(2)10-13-21-19-15-18(11-14-22-19)20(24)23-12-6-9-17-7-4-3-5-8-17/h3-5,7-8,11,14-16H,6,9-10,12-13H2,1-2H3,(H,21,22)(H,23,24). The Kier molecular flexibility index (Phi) is 7.27. The van der Waals surface area contributed by atoms with Gasteiger partial charge in [0.1, 0.15) is 5.82 Å². The molecule has 4 heteroatoms. The lowest BCUT2D eigenvalue weighted by Crippen LogP contribution is -2.25. The van der Waals surface area contributed by atoms with E-state index in [4.69, 9.17) is 0 Å². The van der Waals surface area contributed by atoms with Gasteiger partial charge in [0, 0.05) is 24.8 Å². The van der Waals surface area contributed by atoms with Crippen molar-refractivity contribution in [3.8, 4) is 0 Å². The van der Waals surface area contributed by atoms with E-state index >= 15 is 0 Å². The van der Waals surface area contributed by atoms with Crippen molar-refractivity contribution in [2.24, 2.45) is 5.92 Å². The highest BCUT2D eigenvalue weighted by molar-refractivity contribution is 5.94. The summed E-state index contributed by atoms with van der Waals surface area (Å²) in [6.07, 6.45) is 4.66. The summed E-state index contributed by atoms with van der Waals surface area (Å²) < 4.78 is 0. The molecule has 0 saturated heterocycles. The number of nitrogens with zero attached hydrogens (tertiary/aromatic N) is 1. The first-order chi connectivity index (χ1) is 11.6. The Morgan fingerprint density at radius 2 is 1.92 bits per heavy atom. The number of pyridine rings is 1. The molecule has 2 aromatic rings. The molecule has 2 N–H and O–H groups in total. The van der Waals surface area contributed by atoms with Crippen LogP contribution in [0, 0.1) is 5.92 Å². The monoisotopic (exact) mass is 325 g/mol. The van der Waals surface area contributed by atoms with Crippen molar-refractivity contribution in [2.45, 2.75) is 33.1 Å². The molecule has 1 aromatic heterocycles. The summed E-state index contributed by atoms with van der Waals surface area (Å²) in [6, 6.07) is 13.9. The summed E-state index contributed by atoms with van der Waals surface area (Å²) >= 11 is 0. The van der Waals surface area contributed by atoms with Gasteiger partial charge >= 0.3 is 0 Å². The lowest BCUT2D eigenvalue weighted by atomic mass is 10.1. The van der Waals surface area contributed by atoms with Crippen molar-refractivity contribution in [3.63, 3.8) is 0 Å². The molecule has 0 fully saturated rings. The second-order valence-corrected chi connectivity index (χ2v) is 6.38. The van der Waals surface area contributed by atoms with Crippen LogP contribution in [0.3, 0.4) is 0 Å². The minimum atomic E-state index is -0.0441. The minimum Gasteiger partial charge on any atom is -0.370 e. The number of aromatic nitrogens is 1. The summed E-state index contributed by atoms with van der Waals surface area (Å²) in [7, 11) is 0. The number of benzene rings is 1. The molecule has 0 radical (unpaired) electrons. The third kappa shape index (κ3) is 6.41. The average Bonchev–Trinajstić information content (AvgIpc) is 2.59. The van der Waals surface area contributed by atoms with E-state index in [-0.39, 0.29) is 5.91 Å². The molecule has 0 aliphatic carbocycles. The number of anilines is 1. The van der Waals surface area contributed by atoms with Gasteiger partial charge in [0.25, 0.3) is 5.91 Å². The molecule has 0 atom stereocenters. The highest BCUT2D eigenvalue weighted by Gasteiger charge is 2.06. The number of carbonyl (C=O) groups excluding carboxylic acids is 1. The predicted octanol–water partition coefficient (Wildman–Crippen LogP) is 3.90. The fourth-order valence-electron chi connectivity index (χ4n) is 2.40. The van der Waals surface area contributed by atoms with Gasteiger partial charge in [0.15, 0.2) is 0 Å². The lowest BCUT2D eigenvalue weighted by Gasteiger charge is -2.09. The zero-order valence-electron chi connectivity index (χ0n) is 14.6. The van der Waals surface area contributed by atoms with Crippen LogP contribution in [0.15, 0.2) is 48.7 Å². The average molecular weight is 325 g/mol. The molecule has 2 rings (SSSR count). The van der Waals surface area contributed by atoms with Crippen LogP contribution in [-0.2, 0) is 6.42 Å². The van der Waals surface area contributed by atoms with Crippen LogP contribution in [-0.4, -0.2) is 24.0 Å². The highest BCUT2D eigenvalue weighted by atomic mass is 16.1. The van der Waals surface area contributed by atoms with Crippen LogP contribution < -0.4 is 10.6 Å². The lowest BCUT2D eigenvalue weighted by molar-refractivity contribution is 0.0953. The van der Waals surface area contributed by atoms with E-state index in [1.807, 2.05) is 24.3 Å². The number of hydrogen-bond acceptors (Lipinski definition) is 3. The van der Waals surface area contributed by atoms with Crippen molar-refractivity contribution in [3.05, 3.63) is 59.8 Å². The molecule has 0 saturated carbocycles. The number of amides is 1. The highest BCUT2D eigenvalue weighted by Crippen LogP contribution is 2.08. The smallest absolute Gasteiger partial charge is 0.251 e. The molecule has 1 heterocycles. The maximum absolute atomic E-state index is 12.2. The maximum atomic E-state index is 12.2. The first kappa shape index (κ1) is 18.0. The summed E-state index contributed by atoms with van der Waals surface area (Å²) in [6.45, 7) is 5.92. The number of rotatable bonds is 9. The molecule has 0 unspecified atom stereocenters. The number of carbonyl (C=O) groups is 1. The van der Waals surface area contributed by atoms with Crippen LogP contribution in [0.25, 0.3) is 0 Å². The molecular formula is C20H27N3O. The van der Waals surface area contributed by atoms with Crippen molar-refractivity contribution < 1.29 is 4.79 Å². The Hall–Kier alpha value is -2.36.